The van der Waals surface area contributed by atoms with Gasteiger partial charge in [0.1, 0.15) is 11.8 Å². The summed E-state index contributed by atoms with van der Waals surface area (Å²) in [5.41, 5.74) is 1.47. The van der Waals surface area contributed by atoms with Crippen LogP contribution in [0.4, 0.5) is 5.69 Å². The molecule has 0 saturated heterocycles. The molecule has 1 atom stereocenters. The van der Waals surface area contributed by atoms with Gasteiger partial charge in [-0.2, -0.15) is 12.6 Å². The van der Waals surface area contributed by atoms with E-state index in [0.29, 0.717) is 23.6 Å². The summed E-state index contributed by atoms with van der Waals surface area (Å²) in [6.07, 6.45) is 0.526. The Hall–Kier alpha value is -1.69. The molecule has 1 aliphatic rings. The number of carboxylic acids is 1. The van der Waals surface area contributed by atoms with Crippen LogP contribution in [0.25, 0.3) is 0 Å². The fraction of sp³-hybridized carbons (Fsp3) is 0.385. The lowest BCUT2D eigenvalue weighted by molar-refractivity contribution is -0.139. The Bertz CT molecular complexity index is 517. The number of carboxylic acid groups (broad SMARTS) is 1. The molecule has 102 valence electrons. The number of amides is 1. The van der Waals surface area contributed by atoms with E-state index < -0.39 is 12.0 Å². The summed E-state index contributed by atoms with van der Waals surface area (Å²) in [6.45, 7) is 0. The normalized spacial score (nSPS) is 17.2. The maximum absolute atomic E-state index is 12.1. The van der Waals surface area contributed by atoms with Crippen molar-refractivity contribution in [1.29, 1.82) is 0 Å². The number of carbonyl (C=O) groups is 2. The highest BCUT2D eigenvalue weighted by molar-refractivity contribution is 7.80. The maximum atomic E-state index is 12.1. The fourth-order valence-corrected chi connectivity index (χ4v) is 2.47. The Kier molecular flexibility index (Phi) is 3.99. The van der Waals surface area contributed by atoms with Gasteiger partial charge in [0, 0.05) is 18.5 Å². The molecule has 0 aromatic heterocycles. The number of nitrogens with zero attached hydrogens (tertiary/aromatic N) is 1. The Morgan fingerprint density at radius 3 is 2.84 bits per heavy atom. The predicted molar refractivity (Wildman–Crippen MR) is 74.1 cm³/mol. The number of benzene rings is 1. The first kappa shape index (κ1) is 13.7. The first-order valence-electron chi connectivity index (χ1n) is 5.91. The largest absolute Gasteiger partial charge is 0.497 e. The van der Waals surface area contributed by atoms with E-state index in [1.807, 2.05) is 0 Å². The number of carbonyl (C=O) groups excluding carboxylic acids is 1. The van der Waals surface area contributed by atoms with Gasteiger partial charge in [-0.05, 0) is 29.5 Å². The van der Waals surface area contributed by atoms with Gasteiger partial charge in [-0.25, -0.2) is 4.79 Å². The molecule has 1 aliphatic heterocycles. The number of aliphatic carboxylic acids is 1. The molecule has 0 radical (unpaired) electrons. The summed E-state index contributed by atoms with van der Waals surface area (Å²) in [4.78, 5) is 24.7. The zero-order valence-electron chi connectivity index (χ0n) is 10.5. The zero-order valence-corrected chi connectivity index (χ0v) is 11.4. The minimum atomic E-state index is -0.998. The fourth-order valence-electron chi connectivity index (χ4n) is 2.28. The standard InChI is InChI=1S/C13H15NO4S/c1-18-9-2-3-10-8(6-9)7-11(13(16)17)14(10)12(15)4-5-19/h2-3,6,11,19H,4-5,7H2,1H3,(H,16,17). The van der Waals surface area contributed by atoms with Crippen molar-refractivity contribution < 1.29 is 19.4 Å². The lowest BCUT2D eigenvalue weighted by Gasteiger charge is -2.22. The topological polar surface area (TPSA) is 66.8 Å². The van der Waals surface area contributed by atoms with Gasteiger partial charge in [0.25, 0.3) is 0 Å². The van der Waals surface area contributed by atoms with Gasteiger partial charge in [0.15, 0.2) is 0 Å². The molecule has 1 aromatic rings. The van der Waals surface area contributed by atoms with Crippen LogP contribution in [0.15, 0.2) is 18.2 Å². The van der Waals surface area contributed by atoms with Gasteiger partial charge in [-0.15, -0.1) is 0 Å². The number of rotatable bonds is 4. The number of ether oxygens (including phenoxy) is 1. The Morgan fingerprint density at radius 2 is 2.26 bits per heavy atom. The van der Waals surface area contributed by atoms with E-state index in [-0.39, 0.29) is 12.3 Å². The highest BCUT2D eigenvalue weighted by atomic mass is 32.1. The summed E-state index contributed by atoms with van der Waals surface area (Å²) in [5, 5.41) is 9.26. The van der Waals surface area contributed by atoms with E-state index in [1.165, 1.54) is 4.90 Å². The third-order valence-electron chi connectivity index (χ3n) is 3.15. The molecule has 1 amide bonds. The molecule has 1 heterocycles. The van der Waals surface area contributed by atoms with E-state index in [0.717, 1.165) is 5.56 Å². The van der Waals surface area contributed by atoms with E-state index >= 15 is 0 Å². The van der Waals surface area contributed by atoms with Crippen LogP contribution in [0.1, 0.15) is 12.0 Å². The van der Waals surface area contributed by atoms with Crippen molar-refractivity contribution in [1.82, 2.24) is 0 Å². The van der Waals surface area contributed by atoms with Gasteiger partial charge >= 0.3 is 5.97 Å². The van der Waals surface area contributed by atoms with Crippen molar-refractivity contribution in [2.45, 2.75) is 18.9 Å². The van der Waals surface area contributed by atoms with Crippen molar-refractivity contribution in [3.05, 3.63) is 23.8 Å². The molecule has 6 heteroatoms. The van der Waals surface area contributed by atoms with Crippen LogP contribution in [0, 0.1) is 0 Å². The Morgan fingerprint density at radius 1 is 1.53 bits per heavy atom. The molecular formula is C13H15NO4S. The second kappa shape index (κ2) is 5.52. The van der Waals surface area contributed by atoms with Gasteiger partial charge in [0.05, 0.1) is 7.11 Å². The second-order valence-corrected chi connectivity index (χ2v) is 4.74. The van der Waals surface area contributed by atoms with Gasteiger partial charge in [-0.1, -0.05) is 0 Å². The third-order valence-corrected chi connectivity index (χ3v) is 3.37. The van der Waals surface area contributed by atoms with Crippen molar-refractivity contribution in [3.8, 4) is 5.75 Å². The first-order chi connectivity index (χ1) is 9.08. The molecule has 5 nitrogen and oxygen atoms in total. The SMILES string of the molecule is COc1ccc2c(c1)CC(C(=O)O)N2C(=O)CCS. The van der Waals surface area contributed by atoms with Crippen molar-refractivity contribution in [2.75, 3.05) is 17.8 Å². The average molecular weight is 281 g/mol. The zero-order chi connectivity index (χ0) is 14.0. The van der Waals surface area contributed by atoms with Crippen molar-refractivity contribution in [3.63, 3.8) is 0 Å². The lowest BCUT2D eigenvalue weighted by Crippen LogP contribution is -2.42. The highest BCUT2D eigenvalue weighted by Crippen LogP contribution is 2.35. The number of thiol groups is 1. The van der Waals surface area contributed by atoms with Crippen LogP contribution in [0.2, 0.25) is 0 Å². The second-order valence-electron chi connectivity index (χ2n) is 4.29. The van der Waals surface area contributed by atoms with E-state index in [2.05, 4.69) is 12.6 Å². The van der Waals surface area contributed by atoms with Crippen molar-refractivity contribution >= 4 is 30.2 Å². The maximum Gasteiger partial charge on any atom is 0.327 e. The van der Waals surface area contributed by atoms with Gasteiger partial charge in [-0.3, -0.25) is 9.69 Å². The molecule has 1 N–H and O–H groups in total. The van der Waals surface area contributed by atoms with Crippen LogP contribution in [0.3, 0.4) is 0 Å². The van der Waals surface area contributed by atoms with Crippen LogP contribution >= 0.6 is 12.6 Å². The molecular weight excluding hydrogens is 266 g/mol. The number of hydrogen-bond donors (Lipinski definition) is 2. The average Bonchev–Trinajstić information content (AvgIpc) is 2.77. The van der Waals surface area contributed by atoms with Crippen molar-refractivity contribution in [2.24, 2.45) is 0 Å². The Labute approximate surface area is 116 Å². The predicted octanol–water partition coefficient (Wildman–Crippen LogP) is 1.36. The molecule has 0 bridgehead atoms. The summed E-state index contributed by atoms with van der Waals surface area (Å²) in [6, 6.07) is 4.39. The summed E-state index contributed by atoms with van der Waals surface area (Å²) in [7, 11) is 1.55. The molecule has 19 heavy (non-hydrogen) atoms. The number of fused-ring (bicyclic) bond motifs is 1. The number of hydrogen-bond acceptors (Lipinski definition) is 4. The third kappa shape index (κ3) is 2.53. The molecule has 0 aliphatic carbocycles. The molecule has 2 rings (SSSR count). The summed E-state index contributed by atoms with van der Waals surface area (Å²) < 4.78 is 5.12. The molecule has 1 unspecified atom stereocenters. The van der Waals surface area contributed by atoms with E-state index in [4.69, 9.17) is 4.74 Å². The molecule has 1 aromatic carbocycles. The van der Waals surface area contributed by atoms with Crippen LogP contribution < -0.4 is 9.64 Å². The minimum Gasteiger partial charge on any atom is -0.497 e. The van der Waals surface area contributed by atoms with Gasteiger partial charge in [0.2, 0.25) is 5.91 Å². The van der Waals surface area contributed by atoms with E-state index in [9.17, 15) is 14.7 Å². The number of methoxy groups -OCH3 is 1. The molecule has 0 saturated carbocycles. The quantitative estimate of drug-likeness (QED) is 0.818. The van der Waals surface area contributed by atoms with Crippen LogP contribution in [-0.4, -0.2) is 35.9 Å². The minimum absolute atomic E-state index is 0.216. The van der Waals surface area contributed by atoms with Gasteiger partial charge < -0.3 is 9.84 Å². The smallest absolute Gasteiger partial charge is 0.327 e. The monoisotopic (exact) mass is 281 g/mol. The van der Waals surface area contributed by atoms with Crippen LogP contribution in [-0.2, 0) is 16.0 Å². The van der Waals surface area contributed by atoms with E-state index in [1.54, 1.807) is 25.3 Å². The Balaban J connectivity index is 2.39. The number of anilines is 1. The molecule has 0 spiro atoms. The molecule has 0 fully saturated rings. The summed E-state index contributed by atoms with van der Waals surface area (Å²) in [5.74, 6) is -0.159. The first-order valence-corrected chi connectivity index (χ1v) is 6.54. The highest BCUT2D eigenvalue weighted by Gasteiger charge is 2.38. The van der Waals surface area contributed by atoms with Crippen LogP contribution in [0.5, 0.6) is 5.75 Å². The lowest BCUT2D eigenvalue weighted by atomic mass is 10.1. The summed E-state index contributed by atoms with van der Waals surface area (Å²) >= 11 is 4.02.